The number of hydrogen-bond acceptors (Lipinski definition) is 8. The van der Waals surface area contributed by atoms with Crippen LogP contribution in [0.1, 0.15) is 11.3 Å². The van der Waals surface area contributed by atoms with Gasteiger partial charge in [-0.1, -0.05) is 24.3 Å². The maximum absolute atomic E-state index is 13.0. The molecule has 0 bridgehead atoms. The van der Waals surface area contributed by atoms with E-state index in [1.807, 2.05) is 12.1 Å². The number of ether oxygens (including phenoxy) is 2. The van der Waals surface area contributed by atoms with E-state index in [4.69, 9.17) is 9.47 Å². The Balaban J connectivity index is 1.40. The zero-order valence-electron chi connectivity index (χ0n) is 20.0. The average molecular weight is 510 g/mol. The van der Waals surface area contributed by atoms with Crippen LogP contribution in [0.15, 0.2) is 48.9 Å². The minimum atomic E-state index is -4.50. The van der Waals surface area contributed by atoms with Crippen LogP contribution < -0.4 is 14.8 Å². The van der Waals surface area contributed by atoms with Crippen LogP contribution >= 0.6 is 0 Å². The van der Waals surface area contributed by atoms with Crippen molar-refractivity contribution in [1.82, 2.24) is 34.5 Å². The van der Waals surface area contributed by atoms with Gasteiger partial charge in [-0.15, -0.1) is 0 Å². The Morgan fingerprint density at radius 3 is 2.43 bits per heavy atom. The zero-order valence-corrected chi connectivity index (χ0v) is 20.0. The smallest absolute Gasteiger partial charge is 0.434 e. The Morgan fingerprint density at radius 2 is 1.76 bits per heavy atom. The number of methoxy groups -OCH3 is 2. The second-order valence-electron chi connectivity index (χ2n) is 8.02. The lowest BCUT2D eigenvalue weighted by molar-refractivity contribution is -0.140. The third kappa shape index (κ3) is 4.75. The number of aromatic amines is 1. The van der Waals surface area contributed by atoms with Crippen molar-refractivity contribution in [3.8, 4) is 34.5 Å². The SMILES string of the molecule is COc1ccc(-c2nc(NCc3ccc(-c4nc(C(F)(F)F)cn4C)cc3)c3[nH]cnc3n2)c(OC)n1. The van der Waals surface area contributed by atoms with Crippen LogP contribution in [0.5, 0.6) is 11.8 Å². The molecule has 10 nitrogen and oxygen atoms in total. The predicted octanol–water partition coefficient (Wildman–Crippen LogP) is 4.46. The quantitative estimate of drug-likeness (QED) is 0.330. The molecular formula is C24H21F3N8O2. The standard InChI is InChI=1S/C24H21F3N8O2/c1-35-11-16(24(25,26)27)31-22(35)14-6-4-13(5-7-14)10-28-20-18-21(30-12-29-18)34-19(33-20)15-8-9-17(36-2)32-23(15)37-3/h4-9,11-12H,10H2,1-3H3,(H2,28,29,30,33,34). The largest absolute Gasteiger partial charge is 0.481 e. The van der Waals surface area contributed by atoms with Gasteiger partial charge in [-0.3, -0.25) is 0 Å². The normalized spacial score (nSPS) is 11.6. The van der Waals surface area contributed by atoms with E-state index in [0.29, 0.717) is 52.2 Å². The van der Waals surface area contributed by atoms with E-state index in [-0.39, 0.29) is 5.82 Å². The van der Waals surface area contributed by atoms with Crippen molar-refractivity contribution in [1.29, 1.82) is 0 Å². The number of H-pyrrole nitrogens is 1. The van der Waals surface area contributed by atoms with Crippen LogP contribution in [0, 0.1) is 0 Å². The van der Waals surface area contributed by atoms with Crippen molar-refractivity contribution in [2.45, 2.75) is 12.7 Å². The summed E-state index contributed by atoms with van der Waals surface area (Å²) < 4.78 is 50.9. The summed E-state index contributed by atoms with van der Waals surface area (Å²) in [5.41, 5.74) is 2.16. The molecular weight excluding hydrogens is 489 g/mol. The first-order chi connectivity index (χ1) is 17.8. The Morgan fingerprint density at radius 1 is 0.973 bits per heavy atom. The third-order valence-electron chi connectivity index (χ3n) is 5.60. The van der Waals surface area contributed by atoms with Crippen LogP contribution in [0.2, 0.25) is 0 Å². The molecule has 37 heavy (non-hydrogen) atoms. The van der Waals surface area contributed by atoms with E-state index in [1.165, 1.54) is 32.2 Å². The number of imidazole rings is 2. The molecule has 0 atom stereocenters. The van der Waals surface area contributed by atoms with Gasteiger partial charge in [-0.25, -0.2) is 19.9 Å². The van der Waals surface area contributed by atoms with Gasteiger partial charge < -0.3 is 24.3 Å². The molecule has 0 spiro atoms. The number of hydrogen-bond donors (Lipinski definition) is 2. The topological polar surface area (TPSA) is 116 Å². The lowest BCUT2D eigenvalue weighted by Crippen LogP contribution is -2.05. The molecule has 0 aliphatic heterocycles. The predicted molar refractivity (Wildman–Crippen MR) is 129 cm³/mol. The van der Waals surface area contributed by atoms with Gasteiger partial charge in [0, 0.05) is 31.4 Å². The van der Waals surface area contributed by atoms with Gasteiger partial charge in [-0.05, 0) is 11.6 Å². The van der Waals surface area contributed by atoms with Crippen molar-refractivity contribution in [3.05, 3.63) is 60.2 Å². The van der Waals surface area contributed by atoms with Crippen molar-refractivity contribution in [3.63, 3.8) is 0 Å². The van der Waals surface area contributed by atoms with Gasteiger partial charge in [0.2, 0.25) is 11.8 Å². The van der Waals surface area contributed by atoms with Gasteiger partial charge in [0.25, 0.3) is 0 Å². The maximum atomic E-state index is 13.0. The Hall–Kier alpha value is -4.68. The molecule has 0 aliphatic carbocycles. The van der Waals surface area contributed by atoms with Crippen molar-refractivity contribution < 1.29 is 22.6 Å². The lowest BCUT2D eigenvalue weighted by Gasteiger charge is -2.11. The van der Waals surface area contributed by atoms with Crippen LogP contribution in [0.3, 0.4) is 0 Å². The number of benzene rings is 1. The van der Waals surface area contributed by atoms with Crippen LogP contribution in [-0.2, 0) is 19.8 Å². The molecule has 0 unspecified atom stereocenters. The number of nitrogens with one attached hydrogen (secondary N) is 2. The zero-order chi connectivity index (χ0) is 26.2. The first-order valence-electron chi connectivity index (χ1n) is 11.0. The van der Waals surface area contributed by atoms with Crippen LogP contribution in [0.25, 0.3) is 33.9 Å². The Kier molecular flexibility index (Phi) is 6.11. The fourth-order valence-electron chi connectivity index (χ4n) is 3.77. The van der Waals surface area contributed by atoms with Gasteiger partial charge in [0.15, 0.2) is 23.0 Å². The van der Waals surface area contributed by atoms with E-state index < -0.39 is 11.9 Å². The molecule has 190 valence electrons. The van der Waals surface area contributed by atoms with Gasteiger partial charge in [0.1, 0.15) is 11.3 Å². The summed E-state index contributed by atoms with van der Waals surface area (Å²) in [5, 5.41) is 3.28. The minimum absolute atomic E-state index is 0.230. The highest BCUT2D eigenvalue weighted by Gasteiger charge is 2.34. The molecule has 0 saturated heterocycles. The monoisotopic (exact) mass is 510 g/mol. The number of anilines is 1. The fourth-order valence-corrected chi connectivity index (χ4v) is 3.77. The summed E-state index contributed by atoms with van der Waals surface area (Å²) in [7, 11) is 4.54. The second-order valence-corrected chi connectivity index (χ2v) is 8.02. The summed E-state index contributed by atoms with van der Waals surface area (Å²) in [4.78, 5) is 24.5. The van der Waals surface area contributed by atoms with Crippen molar-refractivity contribution in [2.75, 3.05) is 19.5 Å². The molecule has 4 aromatic heterocycles. The van der Waals surface area contributed by atoms with Crippen molar-refractivity contribution in [2.24, 2.45) is 7.05 Å². The molecule has 0 aliphatic rings. The highest BCUT2D eigenvalue weighted by atomic mass is 19.4. The number of aryl methyl sites for hydroxylation is 1. The maximum Gasteiger partial charge on any atom is 0.434 e. The van der Waals surface area contributed by atoms with Gasteiger partial charge >= 0.3 is 6.18 Å². The van der Waals surface area contributed by atoms with Crippen LogP contribution in [0.4, 0.5) is 19.0 Å². The van der Waals surface area contributed by atoms with E-state index in [2.05, 4.69) is 35.2 Å². The number of nitrogens with zero attached hydrogens (tertiary/aromatic N) is 6. The molecule has 4 heterocycles. The molecule has 1 aromatic carbocycles. The van der Waals surface area contributed by atoms with E-state index in [1.54, 1.807) is 24.3 Å². The highest BCUT2D eigenvalue weighted by molar-refractivity contribution is 5.85. The van der Waals surface area contributed by atoms with E-state index in [0.717, 1.165) is 11.8 Å². The fraction of sp³-hybridized carbons (Fsp3) is 0.208. The summed E-state index contributed by atoms with van der Waals surface area (Å²) in [6.45, 7) is 0.386. The molecule has 0 fully saturated rings. The number of aromatic nitrogens is 7. The molecule has 0 saturated carbocycles. The lowest BCUT2D eigenvalue weighted by atomic mass is 10.1. The summed E-state index contributed by atoms with van der Waals surface area (Å²) >= 11 is 0. The summed E-state index contributed by atoms with van der Waals surface area (Å²) in [6.07, 6.45) is -2.00. The first kappa shape index (κ1) is 24.0. The molecule has 13 heteroatoms. The molecule has 5 rings (SSSR count). The number of pyridine rings is 1. The summed E-state index contributed by atoms with van der Waals surface area (Å²) in [6, 6.07) is 10.5. The third-order valence-corrected chi connectivity index (χ3v) is 5.60. The van der Waals surface area contributed by atoms with Gasteiger partial charge in [0.05, 0.1) is 26.1 Å². The highest BCUT2D eigenvalue weighted by Crippen LogP contribution is 2.32. The van der Waals surface area contributed by atoms with Gasteiger partial charge in [-0.2, -0.15) is 18.2 Å². The number of rotatable bonds is 7. The van der Waals surface area contributed by atoms with E-state index >= 15 is 0 Å². The second kappa shape index (κ2) is 9.41. The minimum Gasteiger partial charge on any atom is -0.481 e. The Labute approximate surface area is 208 Å². The molecule has 0 radical (unpaired) electrons. The number of fused-ring (bicyclic) bond motifs is 1. The van der Waals surface area contributed by atoms with Crippen molar-refractivity contribution >= 4 is 17.0 Å². The summed E-state index contributed by atoms with van der Waals surface area (Å²) in [5.74, 6) is 1.80. The van der Waals surface area contributed by atoms with Crippen LogP contribution in [-0.4, -0.2) is 48.7 Å². The first-order valence-corrected chi connectivity index (χ1v) is 11.0. The Bertz CT molecular complexity index is 1560. The average Bonchev–Trinajstić information content (AvgIpc) is 3.53. The molecule has 0 amide bonds. The number of halogens is 3. The number of alkyl halides is 3. The van der Waals surface area contributed by atoms with E-state index in [9.17, 15) is 13.2 Å². The molecule has 2 N–H and O–H groups in total. The molecule has 5 aromatic rings.